The Labute approximate surface area is 114 Å². The number of rotatable bonds is 5. The molecular formula is C14H23N3O2. The number of likely N-dealkylation sites (N-methyl/N-ethyl adjacent to an activating group) is 1. The maximum Gasteiger partial charge on any atom is 0.238 e. The summed E-state index contributed by atoms with van der Waals surface area (Å²) in [6, 6.07) is 3.94. The number of nitrogens with zero attached hydrogens (tertiary/aromatic N) is 1. The first-order valence-electron chi connectivity index (χ1n) is 7.05. The predicted molar refractivity (Wildman–Crippen MR) is 73.8 cm³/mol. The van der Waals surface area contributed by atoms with Crippen molar-refractivity contribution in [3.8, 4) is 0 Å². The second kappa shape index (κ2) is 6.73. The van der Waals surface area contributed by atoms with E-state index in [4.69, 9.17) is 4.42 Å². The molecule has 1 aromatic rings. The summed E-state index contributed by atoms with van der Waals surface area (Å²) < 4.78 is 5.53. The Balaban J connectivity index is 2.15. The van der Waals surface area contributed by atoms with Gasteiger partial charge in [-0.3, -0.25) is 9.69 Å². The van der Waals surface area contributed by atoms with Crippen LogP contribution in [0.1, 0.15) is 32.1 Å². The predicted octanol–water partition coefficient (Wildman–Crippen LogP) is 1.14. The van der Waals surface area contributed by atoms with Gasteiger partial charge in [0.1, 0.15) is 11.8 Å². The van der Waals surface area contributed by atoms with Gasteiger partial charge in [-0.05, 0) is 25.5 Å². The topological polar surface area (TPSA) is 57.5 Å². The Morgan fingerprint density at radius 1 is 1.63 bits per heavy atom. The van der Waals surface area contributed by atoms with Gasteiger partial charge in [0.05, 0.1) is 12.3 Å². The van der Waals surface area contributed by atoms with Crippen molar-refractivity contribution in [2.75, 3.05) is 26.2 Å². The van der Waals surface area contributed by atoms with Gasteiger partial charge in [-0.1, -0.05) is 6.92 Å². The summed E-state index contributed by atoms with van der Waals surface area (Å²) in [5.74, 6) is 1.04. The fraction of sp³-hybridized carbons (Fsp3) is 0.643. The second-order valence-electron chi connectivity index (χ2n) is 4.79. The smallest absolute Gasteiger partial charge is 0.238 e. The normalized spacial score (nSPS) is 22.1. The minimum Gasteiger partial charge on any atom is -0.468 e. The van der Waals surface area contributed by atoms with E-state index in [0.717, 1.165) is 25.3 Å². The van der Waals surface area contributed by atoms with E-state index in [-0.39, 0.29) is 18.0 Å². The van der Waals surface area contributed by atoms with Crippen molar-refractivity contribution in [2.24, 2.45) is 0 Å². The summed E-state index contributed by atoms with van der Waals surface area (Å²) in [4.78, 5) is 14.4. The monoisotopic (exact) mass is 265 g/mol. The largest absolute Gasteiger partial charge is 0.468 e. The van der Waals surface area contributed by atoms with Gasteiger partial charge in [-0.15, -0.1) is 0 Å². The lowest BCUT2D eigenvalue weighted by molar-refractivity contribution is -0.128. The van der Waals surface area contributed by atoms with Gasteiger partial charge in [-0.25, -0.2) is 0 Å². The quantitative estimate of drug-likeness (QED) is 0.838. The second-order valence-corrected chi connectivity index (χ2v) is 4.79. The maximum absolute atomic E-state index is 12.2. The molecule has 1 aliphatic rings. The lowest BCUT2D eigenvalue weighted by atomic mass is 10.0. The molecule has 1 fully saturated rings. The third kappa shape index (κ3) is 3.16. The first-order chi connectivity index (χ1) is 9.27. The molecule has 2 heterocycles. The molecule has 5 nitrogen and oxygen atoms in total. The van der Waals surface area contributed by atoms with Crippen molar-refractivity contribution in [1.82, 2.24) is 15.5 Å². The minimum absolute atomic E-state index is 0.0970. The van der Waals surface area contributed by atoms with Crippen LogP contribution in [-0.2, 0) is 4.79 Å². The van der Waals surface area contributed by atoms with Gasteiger partial charge in [0.25, 0.3) is 0 Å². The zero-order valence-corrected chi connectivity index (χ0v) is 11.7. The average Bonchev–Trinajstić information content (AvgIpc) is 2.94. The minimum atomic E-state index is -0.122. The first-order valence-corrected chi connectivity index (χ1v) is 7.05. The van der Waals surface area contributed by atoms with Crippen LogP contribution < -0.4 is 10.6 Å². The number of amides is 1. The van der Waals surface area contributed by atoms with Crippen LogP contribution in [0.2, 0.25) is 0 Å². The lowest BCUT2D eigenvalue weighted by Gasteiger charge is -2.39. The zero-order chi connectivity index (χ0) is 13.7. The van der Waals surface area contributed by atoms with Crippen molar-refractivity contribution >= 4 is 5.91 Å². The fourth-order valence-corrected chi connectivity index (χ4v) is 2.71. The van der Waals surface area contributed by atoms with Gasteiger partial charge in [0, 0.05) is 26.2 Å². The third-order valence-electron chi connectivity index (χ3n) is 3.60. The van der Waals surface area contributed by atoms with Gasteiger partial charge >= 0.3 is 0 Å². The van der Waals surface area contributed by atoms with Crippen molar-refractivity contribution in [2.45, 2.75) is 32.4 Å². The van der Waals surface area contributed by atoms with Crippen LogP contribution in [-0.4, -0.2) is 43.0 Å². The molecule has 1 aliphatic heterocycles. The Hall–Kier alpha value is -1.33. The average molecular weight is 265 g/mol. The van der Waals surface area contributed by atoms with E-state index < -0.39 is 0 Å². The molecule has 0 saturated carbocycles. The highest BCUT2D eigenvalue weighted by Crippen LogP contribution is 2.27. The molecule has 2 rings (SSSR count). The Bertz CT molecular complexity index is 391. The Morgan fingerprint density at radius 3 is 3.11 bits per heavy atom. The molecule has 0 aliphatic carbocycles. The zero-order valence-electron chi connectivity index (χ0n) is 11.7. The van der Waals surface area contributed by atoms with E-state index in [1.54, 1.807) is 6.26 Å². The van der Waals surface area contributed by atoms with Crippen LogP contribution in [0.25, 0.3) is 0 Å². The molecule has 0 bridgehead atoms. The van der Waals surface area contributed by atoms with Crippen molar-refractivity contribution < 1.29 is 9.21 Å². The molecule has 19 heavy (non-hydrogen) atoms. The molecule has 0 spiro atoms. The third-order valence-corrected chi connectivity index (χ3v) is 3.60. The molecule has 106 valence electrons. The maximum atomic E-state index is 12.2. The van der Waals surface area contributed by atoms with Gasteiger partial charge in [0.2, 0.25) is 5.91 Å². The van der Waals surface area contributed by atoms with E-state index in [1.165, 1.54) is 0 Å². The summed E-state index contributed by atoms with van der Waals surface area (Å²) in [5.41, 5.74) is 0. The molecule has 5 heteroatoms. The van der Waals surface area contributed by atoms with E-state index in [0.29, 0.717) is 13.1 Å². The number of carbonyl (C=O) groups is 1. The van der Waals surface area contributed by atoms with Crippen LogP contribution in [0.3, 0.4) is 0 Å². The van der Waals surface area contributed by atoms with Crippen molar-refractivity contribution in [3.05, 3.63) is 24.2 Å². The molecule has 0 radical (unpaired) electrons. The van der Waals surface area contributed by atoms with E-state index in [9.17, 15) is 4.79 Å². The van der Waals surface area contributed by atoms with E-state index >= 15 is 0 Å². The van der Waals surface area contributed by atoms with Gasteiger partial charge in [0.15, 0.2) is 0 Å². The standard InChI is InChI=1S/C14H23N3O2/c1-3-11(13-6-5-9-19-13)17-8-7-15-10-12(17)14(18)16-4-2/h5-6,9,11-12,15H,3-4,7-8,10H2,1-2H3,(H,16,18). The number of piperazine rings is 1. The highest BCUT2D eigenvalue weighted by molar-refractivity contribution is 5.82. The van der Waals surface area contributed by atoms with Crippen molar-refractivity contribution in [3.63, 3.8) is 0 Å². The summed E-state index contributed by atoms with van der Waals surface area (Å²) >= 11 is 0. The fourth-order valence-electron chi connectivity index (χ4n) is 2.71. The Morgan fingerprint density at radius 2 is 2.47 bits per heavy atom. The summed E-state index contributed by atoms with van der Waals surface area (Å²) in [7, 11) is 0. The van der Waals surface area contributed by atoms with Crippen LogP contribution >= 0.6 is 0 Å². The summed E-state index contributed by atoms with van der Waals surface area (Å²) in [6.07, 6.45) is 2.63. The van der Waals surface area contributed by atoms with Crippen LogP contribution in [0, 0.1) is 0 Å². The first kappa shape index (κ1) is 14.1. The lowest BCUT2D eigenvalue weighted by Crippen LogP contribution is -2.58. The highest BCUT2D eigenvalue weighted by Gasteiger charge is 2.34. The van der Waals surface area contributed by atoms with E-state index in [2.05, 4.69) is 22.5 Å². The number of hydrogen-bond acceptors (Lipinski definition) is 4. The molecule has 0 aromatic carbocycles. The van der Waals surface area contributed by atoms with E-state index in [1.807, 2.05) is 19.1 Å². The molecule has 2 unspecified atom stereocenters. The number of carbonyl (C=O) groups excluding carboxylic acids is 1. The van der Waals surface area contributed by atoms with Gasteiger partial charge < -0.3 is 15.1 Å². The molecule has 2 N–H and O–H groups in total. The highest BCUT2D eigenvalue weighted by atomic mass is 16.3. The van der Waals surface area contributed by atoms with Crippen molar-refractivity contribution in [1.29, 1.82) is 0 Å². The number of furan rings is 1. The molecule has 1 saturated heterocycles. The molecule has 1 aromatic heterocycles. The van der Waals surface area contributed by atoms with Gasteiger partial charge in [-0.2, -0.15) is 0 Å². The molecule has 2 atom stereocenters. The Kier molecular flexibility index (Phi) is 4.99. The van der Waals surface area contributed by atoms with Crippen LogP contribution in [0.4, 0.5) is 0 Å². The molecule has 1 amide bonds. The van der Waals surface area contributed by atoms with Crippen LogP contribution in [0.15, 0.2) is 22.8 Å². The summed E-state index contributed by atoms with van der Waals surface area (Å²) in [5, 5.41) is 6.21. The SMILES string of the molecule is CCNC(=O)C1CNCCN1C(CC)c1ccco1. The summed E-state index contributed by atoms with van der Waals surface area (Å²) in [6.45, 7) is 7.21. The number of nitrogens with one attached hydrogen (secondary N) is 2. The molecular weight excluding hydrogens is 242 g/mol. The number of hydrogen-bond donors (Lipinski definition) is 2. The van der Waals surface area contributed by atoms with Crippen LogP contribution in [0.5, 0.6) is 0 Å².